The molecule has 9 heavy (non-hydrogen) atoms. The molecular weight excluding hydrogens is 111 g/mol. The van der Waals surface area contributed by atoms with Crippen molar-refractivity contribution < 1.29 is 0 Å². The van der Waals surface area contributed by atoms with Gasteiger partial charge < -0.3 is 4.57 Å². The van der Waals surface area contributed by atoms with E-state index in [-0.39, 0.29) is 0 Å². The molecule has 0 saturated heterocycles. The first-order valence-electron chi connectivity index (χ1n) is 3.01. The topological polar surface area (TPSA) is 17.8 Å². The Morgan fingerprint density at radius 1 is 1.78 bits per heavy atom. The van der Waals surface area contributed by atoms with Gasteiger partial charge in [0.05, 0.1) is 19.9 Å². The predicted octanol–water partition coefficient (Wildman–Crippen LogP) is 0.778. The van der Waals surface area contributed by atoms with Gasteiger partial charge in [0, 0.05) is 12.7 Å². The molecule has 0 fully saturated rings. The molecule has 0 aromatic carbocycles. The van der Waals surface area contributed by atoms with Gasteiger partial charge in [-0.1, -0.05) is 6.32 Å². The van der Waals surface area contributed by atoms with Crippen molar-refractivity contribution in [2.24, 2.45) is 0 Å². The van der Waals surface area contributed by atoms with Gasteiger partial charge in [-0.3, -0.25) is 0 Å². The number of aryl methyl sites for hydroxylation is 2. The van der Waals surface area contributed by atoms with Crippen LogP contribution in [0.2, 0.25) is 6.32 Å². The Morgan fingerprint density at radius 2 is 2.56 bits per heavy atom. The molecule has 1 heterocycles. The van der Waals surface area contributed by atoms with Crippen molar-refractivity contribution in [1.82, 2.24) is 9.55 Å². The molecule has 0 aliphatic carbocycles. The van der Waals surface area contributed by atoms with Gasteiger partial charge in [-0.2, -0.15) is 0 Å². The summed E-state index contributed by atoms with van der Waals surface area (Å²) in [5.41, 5.74) is 1.04. The average Bonchev–Trinajstić information content (AvgIpc) is 2.17. The van der Waals surface area contributed by atoms with Crippen molar-refractivity contribution in [2.45, 2.75) is 19.8 Å². The summed E-state index contributed by atoms with van der Waals surface area (Å²) in [4.78, 5) is 4.04. The monoisotopic (exact) mass is 120 g/mol. The Labute approximate surface area is 56.3 Å². The van der Waals surface area contributed by atoms with Crippen molar-refractivity contribution >= 4 is 7.85 Å². The van der Waals surface area contributed by atoms with Gasteiger partial charge in [0.2, 0.25) is 0 Å². The van der Waals surface area contributed by atoms with Crippen LogP contribution >= 0.6 is 0 Å². The molecule has 0 N–H and O–H groups in total. The van der Waals surface area contributed by atoms with E-state index in [1.54, 1.807) is 6.33 Å². The van der Waals surface area contributed by atoms with Gasteiger partial charge in [-0.15, -0.1) is 0 Å². The molecule has 0 unspecified atom stereocenters. The van der Waals surface area contributed by atoms with Gasteiger partial charge >= 0.3 is 0 Å². The van der Waals surface area contributed by atoms with Gasteiger partial charge in [0.25, 0.3) is 0 Å². The minimum atomic E-state index is 0.676. The Morgan fingerprint density at radius 3 is 3.00 bits per heavy atom. The molecule has 0 amide bonds. The Kier molecular flexibility index (Phi) is 1.93. The second kappa shape index (κ2) is 2.71. The summed E-state index contributed by atoms with van der Waals surface area (Å²) in [6, 6.07) is 0. The van der Waals surface area contributed by atoms with Crippen LogP contribution in [-0.2, 0) is 6.54 Å². The van der Waals surface area contributed by atoms with Crippen LogP contribution in [0, 0.1) is 6.92 Å². The first-order chi connectivity index (χ1) is 4.33. The largest absolute Gasteiger partial charge is 0.338 e. The molecule has 2 radical (unpaired) electrons. The summed E-state index contributed by atoms with van der Waals surface area (Å²) in [7, 11) is 5.32. The number of nitrogens with zero attached hydrogens (tertiary/aromatic N) is 2. The highest BCUT2D eigenvalue weighted by Gasteiger charge is 1.88. The van der Waals surface area contributed by atoms with Crippen LogP contribution in [0.4, 0.5) is 0 Å². The molecule has 3 heteroatoms. The molecular formula is C6H9BN2. The zero-order valence-corrected chi connectivity index (χ0v) is 5.54. The summed E-state index contributed by atoms with van der Waals surface area (Å²) in [6.45, 7) is 2.83. The molecule has 0 spiro atoms. The maximum Gasteiger partial charge on any atom is 0.0948 e. The average molecular weight is 120 g/mol. The second-order valence-corrected chi connectivity index (χ2v) is 2.04. The predicted molar refractivity (Wildman–Crippen MR) is 37.5 cm³/mol. The number of hydrogen-bond donors (Lipinski definition) is 0. The van der Waals surface area contributed by atoms with Gasteiger partial charge in [0.1, 0.15) is 0 Å². The first-order valence-corrected chi connectivity index (χ1v) is 3.01. The normalized spacial score (nSPS) is 9.89. The minimum Gasteiger partial charge on any atom is -0.338 e. The molecule has 0 aliphatic rings. The van der Waals surface area contributed by atoms with E-state index in [1.165, 1.54) is 0 Å². The highest BCUT2D eigenvalue weighted by Crippen LogP contribution is 1.93. The lowest BCUT2D eigenvalue weighted by Gasteiger charge is -1.94. The molecule has 2 nitrogen and oxygen atoms in total. The quantitative estimate of drug-likeness (QED) is 0.527. The van der Waals surface area contributed by atoms with Crippen LogP contribution < -0.4 is 0 Å². The van der Waals surface area contributed by atoms with Crippen LogP contribution in [0.1, 0.15) is 5.69 Å². The standard InChI is InChI=1S/C6H9BN2/c1-6-4-9(3-2-7)5-8-6/h4-5H,2-3H2,1H3. The third kappa shape index (κ3) is 1.59. The third-order valence-corrected chi connectivity index (χ3v) is 1.15. The van der Waals surface area contributed by atoms with Crippen molar-refractivity contribution in [3.8, 4) is 0 Å². The van der Waals surface area contributed by atoms with Crippen molar-refractivity contribution in [1.29, 1.82) is 0 Å². The van der Waals surface area contributed by atoms with Gasteiger partial charge in [-0.05, 0) is 6.92 Å². The molecule has 0 aliphatic heterocycles. The molecule has 46 valence electrons. The third-order valence-electron chi connectivity index (χ3n) is 1.15. The summed E-state index contributed by atoms with van der Waals surface area (Å²) in [5.74, 6) is 0. The summed E-state index contributed by atoms with van der Waals surface area (Å²) < 4.78 is 1.98. The van der Waals surface area contributed by atoms with Crippen molar-refractivity contribution in [2.75, 3.05) is 0 Å². The van der Waals surface area contributed by atoms with E-state index in [4.69, 9.17) is 7.85 Å². The lowest BCUT2D eigenvalue weighted by Crippen LogP contribution is -1.91. The van der Waals surface area contributed by atoms with Crippen LogP contribution in [0.5, 0.6) is 0 Å². The highest BCUT2D eigenvalue weighted by molar-refractivity contribution is 6.08. The summed E-state index contributed by atoms with van der Waals surface area (Å²) in [6.07, 6.45) is 4.45. The first kappa shape index (κ1) is 6.40. The Balaban J connectivity index is 2.61. The van der Waals surface area contributed by atoms with E-state index < -0.39 is 0 Å². The lowest BCUT2D eigenvalue weighted by molar-refractivity contribution is 0.760. The maximum atomic E-state index is 5.32. The smallest absolute Gasteiger partial charge is 0.0948 e. The number of rotatable bonds is 2. The van der Waals surface area contributed by atoms with Crippen molar-refractivity contribution in [3.05, 3.63) is 18.2 Å². The van der Waals surface area contributed by atoms with E-state index in [1.807, 2.05) is 17.7 Å². The van der Waals surface area contributed by atoms with Crippen LogP contribution in [0.3, 0.4) is 0 Å². The zero-order valence-electron chi connectivity index (χ0n) is 5.54. The summed E-state index contributed by atoms with van der Waals surface area (Å²) >= 11 is 0. The van der Waals surface area contributed by atoms with Crippen molar-refractivity contribution in [3.63, 3.8) is 0 Å². The van der Waals surface area contributed by atoms with Crippen LogP contribution in [-0.4, -0.2) is 17.4 Å². The lowest BCUT2D eigenvalue weighted by atomic mass is 10.1. The SMILES string of the molecule is [B]CCn1cnc(C)c1. The van der Waals surface area contributed by atoms with Gasteiger partial charge in [0.15, 0.2) is 0 Å². The highest BCUT2D eigenvalue weighted by atomic mass is 15.0. The Bertz CT molecular complexity index is 183. The fourth-order valence-corrected chi connectivity index (χ4v) is 0.743. The fourth-order valence-electron chi connectivity index (χ4n) is 0.743. The number of imidazole rings is 1. The van der Waals surface area contributed by atoms with E-state index in [2.05, 4.69) is 4.98 Å². The molecule has 0 saturated carbocycles. The minimum absolute atomic E-state index is 0.676. The van der Waals surface area contributed by atoms with E-state index in [0.29, 0.717) is 6.32 Å². The van der Waals surface area contributed by atoms with Crippen LogP contribution in [0.25, 0.3) is 0 Å². The fraction of sp³-hybridized carbons (Fsp3) is 0.500. The molecule has 0 bridgehead atoms. The van der Waals surface area contributed by atoms with E-state index >= 15 is 0 Å². The molecule has 0 atom stereocenters. The number of hydrogen-bond acceptors (Lipinski definition) is 1. The zero-order chi connectivity index (χ0) is 6.69. The van der Waals surface area contributed by atoms with Gasteiger partial charge in [-0.25, -0.2) is 4.98 Å². The molecule has 1 aromatic heterocycles. The van der Waals surface area contributed by atoms with E-state index in [9.17, 15) is 0 Å². The molecule has 1 aromatic rings. The van der Waals surface area contributed by atoms with Crippen LogP contribution in [0.15, 0.2) is 12.5 Å². The number of aromatic nitrogens is 2. The summed E-state index contributed by atoms with van der Waals surface area (Å²) in [5, 5.41) is 0. The molecule has 1 rings (SSSR count). The Hall–Kier alpha value is -0.725. The maximum absolute atomic E-state index is 5.32. The van der Waals surface area contributed by atoms with E-state index in [0.717, 1.165) is 12.2 Å². The second-order valence-electron chi connectivity index (χ2n) is 2.04.